The van der Waals surface area contributed by atoms with Gasteiger partial charge in [0.05, 0.1) is 0 Å². The van der Waals surface area contributed by atoms with Crippen LogP contribution in [0.2, 0.25) is 0 Å². The Kier molecular flexibility index (Phi) is 12.6. The highest BCUT2D eigenvalue weighted by molar-refractivity contribution is 5.88. The van der Waals surface area contributed by atoms with Gasteiger partial charge in [-0.3, -0.25) is 15.4 Å². The van der Waals surface area contributed by atoms with Crippen LogP contribution < -0.4 is 21.9 Å². The van der Waals surface area contributed by atoms with Gasteiger partial charge in [0, 0.05) is 19.4 Å². The maximum atomic E-state index is 12.1. The van der Waals surface area contributed by atoms with Gasteiger partial charge in [-0.25, -0.2) is 15.0 Å². The summed E-state index contributed by atoms with van der Waals surface area (Å²) in [6.45, 7) is -0.225. The lowest BCUT2D eigenvalue weighted by Gasteiger charge is -2.20. The SMILES string of the molecule is NNC(CCC(=O)NC(CCCO)C(=O)O)C(=O)NC(CCC(O)O)C(=O)O. The maximum absolute atomic E-state index is 12.1. The van der Waals surface area contributed by atoms with Crippen molar-refractivity contribution in [3.63, 3.8) is 0 Å². The minimum Gasteiger partial charge on any atom is -0.480 e. The van der Waals surface area contributed by atoms with E-state index in [9.17, 15) is 19.2 Å². The predicted octanol–water partition coefficient (Wildman–Crippen LogP) is -3.40. The Morgan fingerprint density at radius 2 is 1.39 bits per heavy atom. The van der Waals surface area contributed by atoms with Crippen molar-refractivity contribution in [2.45, 2.75) is 62.9 Å². The number of nitrogens with one attached hydrogen (secondary N) is 3. The number of aliphatic hydroxyl groups is 3. The van der Waals surface area contributed by atoms with E-state index in [4.69, 9.17) is 31.4 Å². The van der Waals surface area contributed by atoms with Crippen LogP contribution >= 0.6 is 0 Å². The molecular weight excluding hydrogens is 380 g/mol. The molecule has 0 aliphatic carbocycles. The number of hydrogen-bond donors (Lipinski definition) is 9. The van der Waals surface area contributed by atoms with Gasteiger partial charge in [0.1, 0.15) is 18.1 Å². The second-order valence-electron chi connectivity index (χ2n) is 6.04. The largest absolute Gasteiger partial charge is 0.480 e. The first-order chi connectivity index (χ1) is 13.1. The van der Waals surface area contributed by atoms with E-state index in [-0.39, 0.29) is 45.1 Å². The summed E-state index contributed by atoms with van der Waals surface area (Å²) in [5, 5.41) is 48.9. The lowest BCUT2D eigenvalue weighted by Crippen LogP contribution is -2.52. The van der Waals surface area contributed by atoms with Crippen LogP contribution in [0.4, 0.5) is 0 Å². The Balaban J connectivity index is 4.64. The third-order valence-electron chi connectivity index (χ3n) is 3.79. The average Bonchev–Trinajstić information content (AvgIpc) is 2.61. The van der Waals surface area contributed by atoms with E-state index in [1.807, 2.05) is 0 Å². The topological polar surface area (TPSA) is 232 Å². The predicted molar refractivity (Wildman–Crippen MR) is 93.3 cm³/mol. The van der Waals surface area contributed by atoms with Gasteiger partial charge in [-0.05, 0) is 25.7 Å². The quantitative estimate of drug-likeness (QED) is 0.0736. The molecule has 0 saturated carbocycles. The highest BCUT2D eigenvalue weighted by atomic mass is 16.5. The first-order valence-electron chi connectivity index (χ1n) is 8.60. The Morgan fingerprint density at radius 3 is 1.86 bits per heavy atom. The van der Waals surface area contributed by atoms with E-state index in [0.717, 1.165) is 0 Å². The molecule has 0 aliphatic rings. The molecule has 162 valence electrons. The molecule has 13 nitrogen and oxygen atoms in total. The molecule has 0 heterocycles. The van der Waals surface area contributed by atoms with E-state index in [1.165, 1.54) is 0 Å². The van der Waals surface area contributed by atoms with Crippen LogP contribution in [0.3, 0.4) is 0 Å². The van der Waals surface area contributed by atoms with Gasteiger partial charge >= 0.3 is 11.9 Å². The number of hydrogen-bond acceptors (Lipinski definition) is 9. The van der Waals surface area contributed by atoms with E-state index >= 15 is 0 Å². The molecule has 0 aliphatic heterocycles. The van der Waals surface area contributed by atoms with Crippen LogP contribution in [0.5, 0.6) is 0 Å². The molecule has 2 amide bonds. The van der Waals surface area contributed by atoms with E-state index in [2.05, 4.69) is 16.1 Å². The lowest BCUT2D eigenvalue weighted by molar-refractivity contribution is -0.143. The molecule has 0 aromatic heterocycles. The molecule has 0 aromatic carbocycles. The molecule has 0 spiro atoms. The summed E-state index contributed by atoms with van der Waals surface area (Å²) >= 11 is 0. The van der Waals surface area contributed by atoms with Crippen molar-refractivity contribution < 1.29 is 44.7 Å². The summed E-state index contributed by atoms with van der Waals surface area (Å²) in [4.78, 5) is 46.2. The number of aliphatic carboxylic acids is 2. The van der Waals surface area contributed by atoms with Crippen LogP contribution in [-0.4, -0.2) is 80.3 Å². The van der Waals surface area contributed by atoms with Gasteiger partial charge < -0.3 is 36.2 Å². The van der Waals surface area contributed by atoms with Gasteiger partial charge in [-0.2, -0.15) is 0 Å². The van der Waals surface area contributed by atoms with E-state index in [1.54, 1.807) is 0 Å². The number of amides is 2. The second kappa shape index (κ2) is 13.8. The number of aliphatic hydroxyl groups excluding tert-OH is 2. The molecule has 0 radical (unpaired) electrons. The Bertz CT molecular complexity index is 530. The average molecular weight is 408 g/mol. The van der Waals surface area contributed by atoms with Crippen LogP contribution in [0.1, 0.15) is 38.5 Å². The van der Waals surface area contributed by atoms with Gasteiger partial charge in [0.15, 0.2) is 6.29 Å². The normalized spacial score (nSPS) is 14.2. The number of carboxylic acids is 2. The van der Waals surface area contributed by atoms with E-state index < -0.39 is 48.2 Å². The van der Waals surface area contributed by atoms with Crippen LogP contribution in [-0.2, 0) is 19.2 Å². The van der Waals surface area contributed by atoms with Crippen molar-refractivity contribution in [3.8, 4) is 0 Å². The standard InChI is InChI=1S/C15H28N4O9/c16-19-8(13(24)18-10(15(27)28)4-6-12(22)23)3-5-11(21)17-9(14(25)26)2-1-7-20/h8-10,12,19-20,22-23H,1-7,16H2,(H,17,21)(H,18,24)(H,25,26)(H,27,28). The first-order valence-corrected chi connectivity index (χ1v) is 8.60. The van der Waals surface area contributed by atoms with Crippen LogP contribution in [0.15, 0.2) is 0 Å². The third kappa shape index (κ3) is 10.7. The molecule has 0 fully saturated rings. The maximum Gasteiger partial charge on any atom is 0.326 e. The highest BCUT2D eigenvalue weighted by Gasteiger charge is 2.26. The summed E-state index contributed by atoms with van der Waals surface area (Å²) in [7, 11) is 0. The smallest absolute Gasteiger partial charge is 0.326 e. The van der Waals surface area contributed by atoms with Gasteiger partial charge in [-0.15, -0.1) is 0 Å². The molecule has 10 N–H and O–H groups in total. The Labute approximate surface area is 160 Å². The van der Waals surface area contributed by atoms with Crippen LogP contribution in [0, 0.1) is 0 Å². The van der Waals surface area contributed by atoms with Crippen molar-refractivity contribution in [1.29, 1.82) is 0 Å². The number of hydrazine groups is 1. The van der Waals surface area contributed by atoms with Crippen molar-refractivity contribution in [3.05, 3.63) is 0 Å². The Hall–Kier alpha value is -2.32. The molecule has 28 heavy (non-hydrogen) atoms. The first kappa shape index (κ1) is 25.7. The minimum absolute atomic E-state index is 0.0353. The molecule has 0 saturated heterocycles. The zero-order chi connectivity index (χ0) is 21.7. The number of nitrogens with two attached hydrogens (primary N) is 1. The summed E-state index contributed by atoms with van der Waals surface area (Å²) in [6.07, 6.45) is -2.42. The minimum atomic E-state index is -1.72. The fourth-order valence-corrected chi connectivity index (χ4v) is 2.23. The molecule has 3 unspecified atom stereocenters. The molecular formula is C15H28N4O9. The molecule has 0 rings (SSSR count). The lowest BCUT2D eigenvalue weighted by atomic mass is 10.1. The summed E-state index contributed by atoms with van der Waals surface area (Å²) in [5.74, 6) is 1.15. The van der Waals surface area contributed by atoms with E-state index in [0.29, 0.717) is 0 Å². The summed E-state index contributed by atoms with van der Waals surface area (Å²) in [6, 6.07) is -3.69. The number of rotatable bonds is 15. The van der Waals surface area contributed by atoms with Crippen molar-refractivity contribution in [2.24, 2.45) is 5.84 Å². The second-order valence-corrected chi connectivity index (χ2v) is 6.04. The Morgan fingerprint density at radius 1 is 0.821 bits per heavy atom. The summed E-state index contributed by atoms with van der Waals surface area (Å²) < 4.78 is 0. The number of carbonyl (C=O) groups is 4. The number of carbonyl (C=O) groups excluding carboxylic acids is 2. The molecule has 13 heteroatoms. The van der Waals surface area contributed by atoms with Crippen LogP contribution in [0.25, 0.3) is 0 Å². The number of carboxylic acid groups (broad SMARTS) is 2. The van der Waals surface area contributed by atoms with Gasteiger partial charge in [-0.1, -0.05) is 0 Å². The fourth-order valence-electron chi connectivity index (χ4n) is 2.23. The monoisotopic (exact) mass is 408 g/mol. The van der Waals surface area contributed by atoms with Crippen molar-refractivity contribution >= 4 is 23.8 Å². The zero-order valence-electron chi connectivity index (χ0n) is 15.2. The highest BCUT2D eigenvalue weighted by Crippen LogP contribution is 2.04. The molecule has 0 aromatic rings. The van der Waals surface area contributed by atoms with Crippen molar-refractivity contribution in [2.75, 3.05) is 6.61 Å². The summed E-state index contributed by atoms with van der Waals surface area (Å²) in [5.41, 5.74) is 2.14. The van der Waals surface area contributed by atoms with Gasteiger partial charge in [0.2, 0.25) is 11.8 Å². The van der Waals surface area contributed by atoms with Crippen molar-refractivity contribution in [1.82, 2.24) is 16.1 Å². The van der Waals surface area contributed by atoms with Gasteiger partial charge in [0.25, 0.3) is 0 Å². The zero-order valence-corrected chi connectivity index (χ0v) is 15.2. The third-order valence-corrected chi connectivity index (χ3v) is 3.79. The molecule has 0 bridgehead atoms. The fraction of sp³-hybridized carbons (Fsp3) is 0.733. The molecule has 3 atom stereocenters.